The van der Waals surface area contributed by atoms with Gasteiger partial charge in [0.1, 0.15) is 0 Å². The first-order valence-electron chi connectivity index (χ1n) is 5.00. The molecule has 0 aliphatic carbocycles. The number of aromatic nitrogens is 2. The first-order chi connectivity index (χ1) is 8.15. The minimum Gasteiger partial charge on any atom is -0.322 e. The van der Waals surface area contributed by atoms with E-state index in [0.29, 0.717) is 5.56 Å². The van der Waals surface area contributed by atoms with E-state index in [9.17, 15) is 4.79 Å². The van der Waals surface area contributed by atoms with Crippen molar-refractivity contribution in [1.82, 2.24) is 10.2 Å². The molecule has 0 bridgehead atoms. The molecule has 1 aromatic heterocycles. The quantitative estimate of drug-likeness (QED) is 0.926. The molecule has 1 N–H and O–H groups in total. The SMILES string of the molecule is Cc1cc(Br)cc(NC(=O)c2ccnnc2)c1. The van der Waals surface area contributed by atoms with Crippen LogP contribution in [0.2, 0.25) is 0 Å². The third kappa shape index (κ3) is 3.10. The third-order valence-corrected chi connectivity index (χ3v) is 2.60. The van der Waals surface area contributed by atoms with Crippen molar-refractivity contribution >= 4 is 27.5 Å². The summed E-state index contributed by atoms with van der Waals surface area (Å²) in [5.41, 5.74) is 2.30. The maximum Gasteiger partial charge on any atom is 0.257 e. The van der Waals surface area contributed by atoms with E-state index in [2.05, 4.69) is 31.4 Å². The smallest absolute Gasteiger partial charge is 0.257 e. The van der Waals surface area contributed by atoms with Crippen LogP contribution < -0.4 is 5.32 Å². The van der Waals surface area contributed by atoms with Crippen LogP contribution in [0, 0.1) is 6.92 Å². The van der Waals surface area contributed by atoms with Gasteiger partial charge in [0.15, 0.2) is 0 Å². The normalized spacial score (nSPS) is 10.0. The summed E-state index contributed by atoms with van der Waals surface area (Å²) in [5.74, 6) is -0.197. The Bertz CT molecular complexity index is 522. The lowest BCUT2D eigenvalue weighted by Crippen LogP contribution is -2.12. The highest BCUT2D eigenvalue weighted by Gasteiger charge is 2.06. The molecule has 4 nitrogen and oxygen atoms in total. The van der Waals surface area contributed by atoms with Crippen molar-refractivity contribution in [1.29, 1.82) is 0 Å². The standard InChI is InChI=1S/C12H10BrN3O/c1-8-4-10(13)6-11(5-8)16-12(17)9-2-3-14-15-7-9/h2-7H,1H3,(H,16,17). The van der Waals surface area contributed by atoms with Gasteiger partial charge < -0.3 is 5.32 Å². The summed E-state index contributed by atoms with van der Waals surface area (Å²) in [5, 5.41) is 10.1. The fourth-order valence-electron chi connectivity index (χ4n) is 1.44. The van der Waals surface area contributed by atoms with Gasteiger partial charge in [0.2, 0.25) is 0 Å². The van der Waals surface area contributed by atoms with Gasteiger partial charge in [0.05, 0.1) is 18.0 Å². The number of anilines is 1. The van der Waals surface area contributed by atoms with E-state index in [0.717, 1.165) is 15.7 Å². The van der Waals surface area contributed by atoms with E-state index in [1.54, 1.807) is 6.07 Å². The molecule has 0 aliphatic rings. The van der Waals surface area contributed by atoms with E-state index in [4.69, 9.17) is 0 Å². The largest absolute Gasteiger partial charge is 0.322 e. The molecule has 1 heterocycles. The molecular weight excluding hydrogens is 282 g/mol. The Morgan fingerprint density at radius 2 is 2.12 bits per heavy atom. The Labute approximate surface area is 107 Å². The van der Waals surface area contributed by atoms with Crippen molar-refractivity contribution in [3.05, 3.63) is 52.3 Å². The second-order valence-electron chi connectivity index (χ2n) is 3.60. The van der Waals surface area contributed by atoms with Crippen LogP contribution in [0.15, 0.2) is 41.1 Å². The van der Waals surface area contributed by atoms with Gasteiger partial charge in [-0.2, -0.15) is 10.2 Å². The van der Waals surface area contributed by atoms with Gasteiger partial charge >= 0.3 is 0 Å². The van der Waals surface area contributed by atoms with Crippen LogP contribution in [0.5, 0.6) is 0 Å². The van der Waals surface area contributed by atoms with Crippen molar-refractivity contribution in [2.24, 2.45) is 0 Å². The third-order valence-electron chi connectivity index (χ3n) is 2.15. The van der Waals surface area contributed by atoms with Gasteiger partial charge in [-0.1, -0.05) is 15.9 Å². The zero-order valence-electron chi connectivity index (χ0n) is 9.14. The fourth-order valence-corrected chi connectivity index (χ4v) is 2.04. The maximum absolute atomic E-state index is 11.8. The molecule has 1 amide bonds. The Morgan fingerprint density at radius 1 is 1.29 bits per heavy atom. The number of amides is 1. The predicted octanol–water partition coefficient (Wildman–Crippen LogP) is 2.80. The molecule has 0 saturated heterocycles. The summed E-state index contributed by atoms with van der Waals surface area (Å²) in [7, 11) is 0. The summed E-state index contributed by atoms with van der Waals surface area (Å²) < 4.78 is 0.931. The molecule has 0 aliphatic heterocycles. The number of benzene rings is 1. The molecule has 0 unspecified atom stereocenters. The van der Waals surface area contributed by atoms with Gasteiger partial charge in [-0.15, -0.1) is 0 Å². The average Bonchev–Trinajstić information content (AvgIpc) is 2.28. The van der Waals surface area contributed by atoms with Crippen molar-refractivity contribution in [3.63, 3.8) is 0 Å². The Kier molecular flexibility index (Phi) is 3.49. The van der Waals surface area contributed by atoms with Crippen LogP contribution in [0.1, 0.15) is 15.9 Å². The first-order valence-corrected chi connectivity index (χ1v) is 5.80. The topological polar surface area (TPSA) is 54.9 Å². The van der Waals surface area contributed by atoms with Crippen LogP contribution >= 0.6 is 15.9 Å². The monoisotopic (exact) mass is 291 g/mol. The minimum absolute atomic E-state index is 0.197. The van der Waals surface area contributed by atoms with Gasteiger partial charge in [0.25, 0.3) is 5.91 Å². The van der Waals surface area contributed by atoms with Crippen LogP contribution in [0.25, 0.3) is 0 Å². The Balaban J connectivity index is 2.19. The van der Waals surface area contributed by atoms with Crippen LogP contribution in [-0.4, -0.2) is 16.1 Å². The van der Waals surface area contributed by atoms with Gasteiger partial charge in [-0.3, -0.25) is 4.79 Å². The van der Waals surface area contributed by atoms with E-state index < -0.39 is 0 Å². The molecule has 0 fully saturated rings. The fraction of sp³-hybridized carbons (Fsp3) is 0.0833. The van der Waals surface area contributed by atoms with Crippen LogP contribution in [-0.2, 0) is 0 Å². The molecular formula is C12H10BrN3O. The molecule has 0 atom stereocenters. The molecule has 5 heteroatoms. The number of aryl methyl sites for hydroxylation is 1. The summed E-state index contributed by atoms with van der Waals surface area (Å²) in [4.78, 5) is 11.8. The predicted molar refractivity (Wildman–Crippen MR) is 68.9 cm³/mol. The molecule has 86 valence electrons. The lowest BCUT2D eigenvalue weighted by molar-refractivity contribution is 0.102. The molecule has 0 spiro atoms. The number of hydrogen-bond donors (Lipinski definition) is 1. The summed E-state index contributed by atoms with van der Waals surface area (Å²) in [6.45, 7) is 1.97. The number of nitrogens with zero attached hydrogens (tertiary/aromatic N) is 2. The van der Waals surface area contributed by atoms with Crippen molar-refractivity contribution in [2.45, 2.75) is 6.92 Å². The highest BCUT2D eigenvalue weighted by Crippen LogP contribution is 2.19. The van der Waals surface area contributed by atoms with E-state index in [-0.39, 0.29) is 5.91 Å². The summed E-state index contributed by atoms with van der Waals surface area (Å²) >= 11 is 3.39. The number of nitrogens with one attached hydrogen (secondary N) is 1. The maximum atomic E-state index is 11.8. The number of halogens is 1. The lowest BCUT2D eigenvalue weighted by atomic mass is 10.2. The second-order valence-corrected chi connectivity index (χ2v) is 4.52. The van der Waals surface area contributed by atoms with Crippen molar-refractivity contribution in [2.75, 3.05) is 5.32 Å². The number of rotatable bonds is 2. The van der Waals surface area contributed by atoms with E-state index in [1.165, 1.54) is 12.4 Å². The minimum atomic E-state index is -0.197. The molecule has 0 saturated carbocycles. The zero-order valence-corrected chi connectivity index (χ0v) is 10.7. The molecule has 0 radical (unpaired) electrons. The van der Waals surface area contributed by atoms with Gasteiger partial charge in [-0.05, 0) is 36.8 Å². The van der Waals surface area contributed by atoms with E-state index >= 15 is 0 Å². The van der Waals surface area contributed by atoms with Crippen LogP contribution in [0.4, 0.5) is 5.69 Å². The number of hydrogen-bond acceptors (Lipinski definition) is 3. The number of carbonyl (C=O) groups excluding carboxylic acids is 1. The zero-order chi connectivity index (χ0) is 12.3. The van der Waals surface area contributed by atoms with Gasteiger partial charge in [-0.25, -0.2) is 0 Å². The summed E-state index contributed by atoms with van der Waals surface area (Å²) in [6.07, 6.45) is 2.92. The first kappa shape index (κ1) is 11.7. The highest BCUT2D eigenvalue weighted by molar-refractivity contribution is 9.10. The highest BCUT2D eigenvalue weighted by atomic mass is 79.9. The van der Waals surface area contributed by atoms with Gasteiger partial charge in [0, 0.05) is 10.2 Å². The Hall–Kier alpha value is -1.75. The lowest BCUT2D eigenvalue weighted by Gasteiger charge is -2.06. The van der Waals surface area contributed by atoms with Crippen molar-refractivity contribution in [3.8, 4) is 0 Å². The van der Waals surface area contributed by atoms with Crippen LogP contribution in [0.3, 0.4) is 0 Å². The second kappa shape index (κ2) is 5.05. The summed E-state index contributed by atoms with van der Waals surface area (Å²) in [6, 6.07) is 7.34. The van der Waals surface area contributed by atoms with E-state index in [1.807, 2.05) is 25.1 Å². The molecule has 17 heavy (non-hydrogen) atoms. The molecule has 2 rings (SSSR count). The molecule has 2 aromatic rings. The van der Waals surface area contributed by atoms with Crippen molar-refractivity contribution < 1.29 is 4.79 Å². The average molecular weight is 292 g/mol. The molecule has 1 aromatic carbocycles. The Morgan fingerprint density at radius 3 is 2.76 bits per heavy atom. The number of carbonyl (C=O) groups is 1.